The van der Waals surface area contributed by atoms with Gasteiger partial charge in [-0.15, -0.1) is 11.3 Å². The molecule has 84 valence electrons. The number of hydrogen-bond donors (Lipinski definition) is 2. The molecule has 0 radical (unpaired) electrons. The van der Waals surface area contributed by atoms with Gasteiger partial charge in [0, 0.05) is 16.8 Å². The van der Waals surface area contributed by atoms with E-state index in [4.69, 9.17) is 5.11 Å². The summed E-state index contributed by atoms with van der Waals surface area (Å²) >= 11 is 1.70. The Bertz CT molecular complexity index is 344. The Balaban J connectivity index is 2.67. The van der Waals surface area contributed by atoms with Crippen molar-refractivity contribution in [2.45, 2.75) is 26.2 Å². The lowest BCUT2D eigenvalue weighted by Crippen LogP contribution is -2.37. The number of aryl methyl sites for hydroxylation is 1. The van der Waals surface area contributed by atoms with Crippen molar-refractivity contribution in [3.8, 4) is 0 Å². The van der Waals surface area contributed by atoms with Gasteiger partial charge in [0.05, 0.1) is 0 Å². The topological polar surface area (TPSA) is 49.3 Å². The van der Waals surface area contributed by atoms with E-state index in [1.807, 2.05) is 0 Å². The number of aliphatic hydroxyl groups excluding tert-OH is 1. The van der Waals surface area contributed by atoms with Crippen LogP contribution in [-0.2, 0) is 10.2 Å². The van der Waals surface area contributed by atoms with Gasteiger partial charge < -0.3 is 10.4 Å². The third-order valence-electron chi connectivity index (χ3n) is 2.35. The maximum absolute atomic E-state index is 11.0. The molecule has 15 heavy (non-hydrogen) atoms. The maximum atomic E-state index is 11.0. The van der Waals surface area contributed by atoms with Crippen LogP contribution >= 0.6 is 11.3 Å². The number of hydrogen-bond acceptors (Lipinski definition) is 3. The largest absolute Gasteiger partial charge is 0.387 e. The first-order chi connectivity index (χ1) is 6.97. The minimum atomic E-state index is -0.445. The number of carbonyl (C=O) groups is 1. The number of amides is 1. The summed E-state index contributed by atoms with van der Waals surface area (Å²) < 4.78 is 0. The Morgan fingerprint density at radius 2 is 2.27 bits per heavy atom. The third kappa shape index (κ3) is 3.04. The van der Waals surface area contributed by atoms with Gasteiger partial charge in [-0.3, -0.25) is 4.79 Å². The van der Waals surface area contributed by atoms with Gasteiger partial charge in [-0.05, 0) is 23.9 Å². The summed E-state index contributed by atoms with van der Waals surface area (Å²) in [5, 5.41) is 13.4. The molecule has 0 saturated heterocycles. The molecule has 0 unspecified atom stereocenters. The van der Waals surface area contributed by atoms with Crippen LogP contribution in [0.3, 0.4) is 0 Å². The van der Waals surface area contributed by atoms with E-state index in [1.165, 1.54) is 10.4 Å². The molecular weight excluding hydrogens is 210 g/mol. The van der Waals surface area contributed by atoms with E-state index in [0.29, 0.717) is 6.54 Å². The number of carbonyl (C=O) groups excluding carboxylic acids is 1. The van der Waals surface area contributed by atoms with Crippen molar-refractivity contribution in [2.75, 3.05) is 13.2 Å². The van der Waals surface area contributed by atoms with Crippen molar-refractivity contribution < 1.29 is 9.90 Å². The second-order valence-corrected chi connectivity index (χ2v) is 5.17. The van der Waals surface area contributed by atoms with Gasteiger partial charge in [-0.2, -0.15) is 0 Å². The molecule has 2 N–H and O–H groups in total. The van der Waals surface area contributed by atoms with Gasteiger partial charge in [-0.25, -0.2) is 0 Å². The summed E-state index contributed by atoms with van der Waals surface area (Å²) in [6.07, 6.45) is 0. The fraction of sp³-hybridized carbons (Fsp3) is 0.545. The molecule has 1 aromatic rings. The maximum Gasteiger partial charge on any atom is 0.245 e. The van der Waals surface area contributed by atoms with Crippen LogP contribution in [0.2, 0.25) is 0 Å². The summed E-state index contributed by atoms with van der Waals surface area (Å²) in [7, 11) is 0. The second-order valence-electron chi connectivity index (χ2n) is 4.25. The molecule has 1 heterocycles. The lowest BCUT2D eigenvalue weighted by Gasteiger charge is -2.24. The SMILES string of the molecule is Cc1ccsc1C(C)(C)CNC(=O)CO. The Hall–Kier alpha value is -0.870. The van der Waals surface area contributed by atoms with Crippen molar-refractivity contribution in [3.63, 3.8) is 0 Å². The van der Waals surface area contributed by atoms with Gasteiger partial charge in [0.15, 0.2) is 0 Å². The molecule has 4 heteroatoms. The Kier molecular flexibility index (Phi) is 3.88. The van der Waals surface area contributed by atoms with Gasteiger partial charge in [0.2, 0.25) is 5.91 Å². The minimum Gasteiger partial charge on any atom is -0.387 e. The predicted molar refractivity (Wildman–Crippen MR) is 62.2 cm³/mol. The number of thiophene rings is 1. The molecule has 0 fully saturated rings. The molecule has 1 rings (SSSR count). The zero-order valence-electron chi connectivity index (χ0n) is 9.33. The minimum absolute atomic E-state index is 0.0803. The van der Waals surface area contributed by atoms with Crippen LogP contribution in [0, 0.1) is 6.92 Å². The van der Waals surface area contributed by atoms with E-state index < -0.39 is 6.61 Å². The van der Waals surface area contributed by atoms with E-state index in [1.54, 1.807) is 11.3 Å². The zero-order valence-corrected chi connectivity index (χ0v) is 10.1. The average molecular weight is 227 g/mol. The van der Waals surface area contributed by atoms with E-state index in [-0.39, 0.29) is 11.3 Å². The number of nitrogens with one attached hydrogen (secondary N) is 1. The lowest BCUT2D eigenvalue weighted by atomic mass is 9.89. The lowest BCUT2D eigenvalue weighted by molar-refractivity contribution is -0.124. The Labute approximate surface area is 94.1 Å². The van der Waals surface area contributed by atoms with E-state index >= 15 is 0 Å². The molecule has 3 nitrogen and oxygen atoms in total. The molecule has 1 amide bonds. The van der Waals surface area contributed by atoms with Gasteiger partial charge in [-0.1, -0.05) is 13.8 Å². The molecular formula is C11H17NO2S. The van der Waals surface area contributed by atoms with Crippen molar-refractivity contribution >= 4 is 17.2 Å². The molecule has 0 aliphatic carbocycles. The molecule has 0 aliphatic rings. The smallest absolute Gasteiger partial charge is 0.245 e. The molecule has 0 atom stereocenters. The van der Waals surface area contributed by atoms with Crippen molar-refractivity contribution in [1.82, 2.24) is 5.32 Å². The quantitative estimate of drug-likeness (QED) is 0.818. The van der Waals surface area contributed by atoms with Gasteiger partial charge >= 0.3 is 0 Å². The third-order valence-corrected chi connectivity index (χ3v) is 3.73. The van der Waals surface area contributed by atoms with E-state index in [9.17, 15) is 4.79 Å². The first-order valence-corrected chi connectivity index (χ1v) is 5.77. The van der Waals surface area contributed by atoms with Crippen LogP contribution in [-0.4, -0.2) is 24.2 Å². The summed E-state index contributed by atoms with van der Waals surface area (Å²) in [4.78, 5) is 12.2. The van der Waals surface area contributed by atoms with Gasteiger partial charge in [0.1, 0.15) is 6.61 Å². The van der Waals surface area contributed by atoms with Crippen LogP contribution in [0.1, 0.15) is 24.3 Å². The molecule has 0 aromatic carbocycles. The molecule has 0 bridgehead atoms. The summed E-state index contributed by atoms with van der Waals surface area (Å²) in [6, 6.07) is 2.08. The van der Waals surface area contributed by atoms with Gasteiger partial charge in [0.25, 0.3) is 0 Å². The summed E-state index contributed by atoms with van der Waals surface area (Å²) in [5.41, 5.74) is 1.17. The Morgan fingerprint density at radius 3 is 2.73 bits per heavy atom. The summed E-state index contributed by atoms with van der Waals surface area (Å²) in [6.45, 7) is 6.35. The van der Waals surface area contributed by atoms with Crippen LogP contribution < -0.4 is 5.32 Å². The highest BCUT2D eigenvalue weighted by Gasteiger charge is 2.24. The van der Waals surface area contributed by atoms with E-state index in [2.05, 4.69) is 37.5 Å². The van der Waals surface area contributed by atoms with Crippen LogP contribution in [0.4, 0.5) is 0 Å². The second kappa shape index (κ2) is 4.77. The highest BCUT2D eigenvalue weighted by Crippen LogP contribution is 2.30. The standard InChI is InChI=1S/C11H17NO2S/c1-8-4-5-15-10(8)11(2,3)7-12-9(14)6-13/h4-5,13H,6-7H2,1-3H3,(H,12,14). The van der Waals surface area contributed by atoms with Crippen LogP contribution in [0.25, 0.3) is 0 Å². The monoisotopic (exact) mass is 227 g/mol. The normalized spacial score (nSPS) is 11.5. The molecule has 0 spiro atoms. The fourth-order valence-electron chi connectivity index (χ4n) is 1.52. The first-order valence-electron chi connectivity index (χ1n) is 4.89. The molecule has 1 aromatic heterocycles. The molecule has 0 aliphatic heterocycles. The van der Waals surface area contributed by atoms with Crippen molar-refractivity contribution in [1.29, 1.82) is 0 Å². The number of rotatable bonds is 4. The zero-order chi connectivity index (χ0) is 11.5. The first kappa shape index (κ1) is 12.2. The number of aliphatic hydroxyl groups is 1. The highest BCUT2D eigenvalue weighted by atomic mass is 32.1. The predicted octanol–water partition coefficient (Wildman–Crippen LogP) is 1.44. The fourth-order valence-corrected chi connectivity index (χ4v) is 2.58. The van der Waals surface area contributed by atoms with Crippen molar-refractivity contribution in [2.24, 2.45) is 0 Å². The Morgan fingerprint density at radius 1 is 1.60 bits per heavy atom. The van der Waals surface area contributed by atoms with Crippen LogP contribution in [0.15, 0.2) is 11.4 Å². The van der Waals surface area contributed by atoms with Crippen molar-refractivity contribution in [3.05, 3.63) is 21.9 Å². The van der Waals surface area contributed by atoms with Crippen LogP contribution in [0.5, 0.6) is 0 Å². The average Bonchev–Trinajstić information content (AvgIpc) is 2.61. The van der Waals surface area contributed by atoms with E-state index in [0.717, 1.165) is 0 Å². The highest BCUT2D eigenvalue weighted by molar-refractivity contribution is 7.10. The summed E-state index contributed by atoms with van der Waals surface area (Å²) in [5.74, 6) is -0.322. The molecule has 0 saturated carbocycles.